The van der Waals surface area contributed by atoms with E-state index in [-0.39, 0.29) is 5.92 Å². The first-order valence-corrected chi connectivity index (χ1v) is 5.65. The van der Waals surface area contributed by atoms with Crippen LogP contribution in [0.3, 0.4) is 0 Å². The molecule has 0 bridgehead atoms. The van der Waals surface area contributed by atoms with Crippen LogP contribution in [0.25, 0.3) is 0 Å². The summed E-state index contributed by atoms with van der Waals surface area (Å²) < 4.78 is 0.837. The van der Waals surface area contributed by atoms with Crippen molar-refractivity contribution in [2.45, 2.75) is 26.4 Å². The van der Waals surface area contributed by atoms with Gasteiger partial charge in [-0.2, -0.15) is 0 Å². The van der Waals surface area contributed by atoms with Gasteiger partial charge in [-0.15, -0.1) is 0 Å². The monoisotopic (exact) mass is 273 g/mol. The van der Waals surface area contributed by atoms with Crippen molar-refractivity contribution in [3.05, 3.63) is 16.9 Å². The molecule has 0 amide bonds. The van der Waals surface area contributed by atoms with Crippen LogP contribution in [0.5, 0.6) is 0 Å². The zero-order chi connectivity index (χ0) is 11.5. The zero-order valence-electron chi connectivity index (χ0n) is 9.16. The van der Waals surface area contributed by atoms with E-state index in [1.54, 1.807) is 19.3 Å². The largest absolute Gasteiger partial charge is 0.388 e. The molecular weight excluding hydrogens is 258 g/mol. The fraction of sp³-hybridized carbons (Fsp3) is 0.600. The van der Waals surface area contributed by atoms with Crippen LogP contribution in [0.1, 0.15) is 20.8 Å². The van der Waals surface area contributed by atoms with Gasteiger partial charge in [-0.05, 0) is 28.8 Å². The van der Waals surface area contributed by atoms with E-state index in [1.165, 1.54) is 0 Å². The number of hydrogen-bond donors (Lipinski definition) is 2. The average molecular weight is 274 g/mol. The number of halogens is 1. The van der Waals surface area contributed by atoms with E-state index in [0.717, 1.165) is 4.47 Å². The van der Waals surface area contributed by atoms with E-state index in [0.29, 0.717) is 12.5 Å². The summed E-state index contributed by atoms with van der Waals surface area (Å²) in [6, 6.07) is 0. The van der Waals surface area contributed by atoms with Crippen LogP contribution in [-0.2, 0) is 0 Å². The fourth-order valence-corrected chi connectivity index (χ4v) is 1.07. The highest BCUT2D eigenvalue weighted by Gasteiger charge is 2.24. The van der Waals surface area contributed by atoms with Gasteiger partial charge in [-0.3, -0.25) is 0 Å². The fourth-order valence-electron chi connectivity index (χ4n) is 0.866. The van der Waals surface area contributed by atoms with Crippen molar-refractivity contribution in [2.75, 3.05) is 11.9 Å². The molecule has 1 aromatic rings. The number of nitrogens with one attached hydrogen (secondary N) is 1. The molecule has 1 aromatic heterocycles. The average Bonchev–Trinajstić information content (AvgIpc) is 2.17. The molecule has 0 spiro atoms. The Morgan fingerprint density at radius 2 is 2.00 bits per heavy atom. The Morgan fingerprint density at radius 1 is 1.47 bits per heavy atom. The number of hydrogen-bond acceptors (Lipinski definition) is 4. The van der Waals surface area contributed by atoms with Crippen molar-refractivity contribution >= 4 is 21.9 Å². The van der Waals surface area contributed by atoms with Crippen molar-refractivity contribution in [3.8, 4) is 0 Å². The molecule has 0 radical (unpaired) electrons. The zero-order valence-corrected chi connectivity index (χ0v) is 10.7. The molecular formula is C10H16BrN3O. The topological polar surface area (TPSA) is 58.0 Å². The van der Waals surface area contributed by atoms with Crippen LogP contribution >= 0.6 is 15.9 Å². The number of nitrogens with zero attached hydrogens (tertiary/aromatic N) is 2. The predicted molar refractivity (Wildman–Crippen MR) is 63.7 cm³/mol. The smallest absolute Gasteiger partial charge is 0.222 e. The number of aromatic nitrogens is 2. The highest BCUT2D eigenvalue weighted by Crippen LogP contribution is 2.16. The molecule has 0 aliphatic carbocycles. The Bertz CT molecular complexity index is 311. The van der Waals surface area contributed by atoms with Gasteiger partial charge in [0.1, 0.15) is 0 Å². The molecule has 1 heterocycles. The quantitative estimate of drug-likeness (QED) is 0.882. The molecule has 1 unspecified atom stereocenters. The van der Waals surface area contributed by atoms with E-state index in [1.807, 2.05) is 13.8 Å². The molecule has 1 rings (SSSR count). The molecule has 4 nitrogen and oxygen atoms in total. The molecule has 5 heteroatoms. The summed E-state index contributed by atoms with van der Waals surface area (Å²) in [5.74, 6) is 0.708. The normalized spacial score (nSPS) is 15.1. The minimum Gasteiger partial charge on any atom is -0.388 e. The summed E-state index contributed by atoms with van der Waals surface area (Å²) >= 11 is 3.26. The van der Waals surface area contributed by atoms with Gasteiger partial charge in [0.25, 0.3) is 0 Å². The van der Waals surface area contributed by atoms with Gasteiger partial charge in [-0.1, -0.05) is 13.8 Å². The summed E-state index contributed by atoms with van der Waals surface area (Å²) in [5.41, 5.74) is -0.754. The lowest BCUT2D eigenvalue weighted by Gasteiger charge is -2.27. The number of rotatable bonds is 4. The van der Waals surface area contributed by atoms with Gasteiger partial charge in [0.05, 0.1) is 10.1 Å². The molecule has 0 saturated heterocycles. The van der Waals surface area contributed by atoms with Crippen LogP contribution in [-0.4, -0.2) is 27.2 Å². The minimum absolute atomic E-state index is 0.181. The van der Waals surface area contributed by atoms with Gasteiger partial charge >= 0.3 is 0 Å². The lowest BCUT2D eigenvalue weighted by atomic mass is 9.93. The second-order valence-corrected chi connectivity index (χ2v) is 5.01. The standard InChI is InChI=1S/C10H16BrN3O/c1-7(2)10(3,15)6-14-9-12-4-8(11)5-13-9/h4-5,7,15H,6H2,1-3H3,(H,12,13,14). The molecule has 0 aliphatic heterocycles. The van der Waals surface area contributed by atoms with Crippen molar-refractivity contribution in [1.82, 2.24) is 9.97 Å². The van der Waals surface area contributed by atoms with Gasteiger partial charge in [0.15, 0.2) is 0 Å². The molecule has 2 N–H and O–H groups in total. The van der Waals surface area contributed by atoms with Crippen LogP contribution in [0, 0.1) is 5.92 Å². The SMILES string of the molecule is CC(C)C(C)(O)CNc1ncc(Br)cn1. The first-order chi connectivity index (χ1) is 6.92. The Morgan fingerprint density at radius 3 is 2.47 bits per heavy atom. The summed E-state index contributed by atoms with van der Waals surface area (Å²) in [4.78, 5) is 8.12. The molecule has 1 atom stereocenters. The first-order valence-electron chi connectivity index (χ1n) is 4.85. The van der Waals surface area contributed by atoms with Crippen molar-refractivity contribution < 1.29 is 5.11 Å². The Hall–Kier alpha value is -0.680. The molecule has 84 valence electrons. The maximum Gasteiger partial charge on any atom is 0.222 e. The third-order valence-electron chi connectivity index (χ3n) is 2.47. The van der Waals surface area contributed by atoms with Crippen LogP contribution in [0.4, 0.5) is 5.95 Å². The maximum atomic E-state index is 9.98. The molecule has 15 heavy (non-hydrogen) atoms. The summed E-state index contributed by atoms with van der Waals surface area (Å²) in [5, 5.41) is 13.0. The molecule has 0 aromatic carbocycles. The van der Waals surface area contributed by atoms with E-state index in [2.05, 4.69) is 31.2 Å². The van der Waals surface area contributed by atoms with Crippen LogP contribution < -0.4 is 5.32 Å². The van der Waals surface area contributed by atoms with Crippen LogP contribution in [0.2, 0.25) is 0 Å². The van der Waals surface area contributed by atoms with Crippen molar-refractivity contribution in [1.29, 1.82) is 0 Å². The Kier molecular flexibility index (Phi) is 4.04. The first kappa shape index (κ1) is 12.4. The molecule has 0 aliphatic rings. The molecule has 0 fully saturated rings. The van der Waals surface area contributed by atoms with Gasteiger partial charge < -0.3 is 10.4 Å². The molecule has 0 saturated carbocycles. The highest BCUT2D eigenvalue weighted by atomic mass is 79.9. The third kappa shape index (κ3) is 3.76. The van der Waals surface area contributed by atoms with Gasteiger partial charge in [0, 0.05) is 18.9 Å². The number of aliphatic hydroxyl groups is 1. The van der Waals surface area contributed by atoms with Gasteiger partial charge in [0.2, 0.25) is 5.95 Å². The lowest BCUT2D eigenvalue weighted by Crippen LogP contribution is -2.39. The summed E-state index contributed by atoms with van der Waals surface area (Å²) in [7, 11) is 0. The number of anilines is 1. The van der Waals surface area contributed by atoms with Gasteiger partial charge in [-0.25, -0.2) is 9.97 Å². The summed E-state index contributed by atoms with van der Waals surface area (Å²) in [6.07, 6.45) is 3.33. The van der Waals surface area contributed by atoms with Crippen molar-refractivity contribution in [3.63, 3.8) is 0 Å². The van der Waals surface area contributed by atoms with E-state index < -0.39 is 5.60 Å². The van der Waals surface area contributed by atoms with E-state index in [9.17, 15) is 5.11 Å². The predicted octanol–water partition coefficient (Wildman–Crippen LogP) is 2.06. The van der Waals surface area contributed by atoms with E-state index in [4.69, 9.17) is 0 Å². The Labute approximate surface area is 98.3 Å². The summed E-state index contributed by atoms with van der Waals surface area (Å²) in [6.45, 7) is 6.18. The third-order valence-corrected chi connectivity index (χ3v) is 2.88. The van der Waals surface area contributed by atoms with Crippen molar-refractivity contribution in [2.24, 2.45) is 5.92 Å². The van der Waals surface area contributed by atoms with Crippen LogP contribution in [0.15, 0.2) is 16.9 Å². The second-order valence-electron chi connectivity index (χ2n) is 4.09. The Balaban J connectivity index is 2.54. The highest BCUT2D eigenvalue weighted by molar-refractivity contribution is 9.10. The second kappa shape index (κ2) is 4.90. The lowest BCUT2D eigenvalue weighted by molar-refractivity contribution is 0.0265. The minimum atomic E-state index is -0.754. The maximum absolute atomic E-state index is 9.98. The van der Waals surface area contributed by atoms with E-state index >= 15 is 0 Å².